The molecule has 0 aliphatic carbocycles. The van der Waals surface area contributed by atoms with Crippen molar-refractivity contribution < 1.29 is 14.3 Å². The summed E-state index contributed by atoms with van der Waals surface area (Å²) in [6, 6.07) is 9.12. The summed E-state index contributed by atoms with van der Waals surface area (Å²) in [7, 11) is 1.51. The highest BCUT2D eigenvalue weighted by molar-refractivity contribution is 6.06. The van der Waals surface area contributed by atoms with E-state index in [9.17, 15) is 9.59 Å². The highest BCUT2D eigenvalue weighted by Crippen LogP contribution is 2.26. The van der Waals surface area contributed by atoms with Crippen LogP contribution in [-0.2, 0) is 4.79 Å². The van der Waals surface area contributed by atoms with Crippen molar-refractivity contribution in [2.24, 2.45) is 0 Å². The van der Waals surface area contributed by atoms with Gasteiger partial charge in [0.15, 0.2) is 0 Å². The number of nitrogens with zero attached hydrogens (tertiary/aromatic N) is 1. The molecule has 0 bridgehead atoms. The maximum absolute atomic E-state index is 12.4. The van der Waals surface area contributed by atoms with E-state index in [1.807, 2.05) is 18.2 Å². The second-order valence-corrected chi connectivity index (χ2v) is 5.31. The van der Waals surface area contributed by atoms with Gasteiger partial charge in [0.25, 0.3) is 5.91 Å². The topological polar surface area (TPSA) is 80.3 Å². The van der Waals surface area contributed by atoms with Crippen LogP contribution in [0.5, 0.6) is 5.75 Å². The Morgan fingerprint density at radius 1 is 1.39 bits per heavy atom. The number of carbonyl (C=O) groups is 2. The number of rotatable bonds is 4. The molecule has 1 unspecified atom stereocenters. The Balaban J connectivity index is 1.77. The molecule has 118 valence electrons. The standard InChI is InChI=1S/C17H17N3O3/c1-23-15-7-8-18-10-13(15)17(22)19-12-4-2-3-11(9-12)14-5-6-16(21)20-14/h2-4,7-10,14H,5-6H2,1H3,(H,19,22)(H,20,21). The van der Waals surface area contributed by atoms with Gasteiger partial charge in [0, 0.05) is 24.5 Å². The Kier molecular flexibility index (Phi) is 4.23. The van der Waals surface area contributed by atoms with Gasteiger partial charge in [0.05, 0.1) is 18.7 Å². The van der Waals surface area contributed by atoms with E-state index in [0.717, 1.165) is 12.0 Å². The van der Waals surface area contributed by atoms with Crippen molar-refractivity contribution in [1.29, 1.82) is 0 Å². The summed E-state index contributed by atoms with van der Waals surface area (Å²) in [6.07, 6.45) is 4.34. The van der Waals surface area contributed by atoms with Crippen molar-refractivity contribution in [3.05, 3.63) is 53.9 Å². The smallest absolute Gasteiger partial charge is 0.261 e. The van der Waals surface area contributed by atoms with E-state index in [1.165, 1.54) is 13.3 Å². The molecule has 1 aliphatic rings. The van der Waals surface area contributed by atoms with Crippen molar-refractivity contribution in [1.82, 2.24) is 10.3 Å². The summed E-state index contributed by atoms with van der Waals surface area (Å²) in [5.74, 6) is 0.240. The number of methoxy groups -OCH3 is 1. The molecule has 1 atom stereocenters. The molecule has 1 aromatic carbocycles. The predicted molar refractivity (Wildman–Crippen MR) is 85.3 cm³/mol. The molecule has 1 saturated heterocycles. The van der Waals surface area contributed by atoms with Crippen LogP contribution in [0.3, 0.4) is 0 Å². The molecular formula is C17H17N3O3. The van der Waals surface area contributed by atoms with Crippen LogP contribution in [0.1, 0.15) is 34.8 Å². The molecule has 23 heavy (non-hydrogen) atoms. The number of nitrogens with one attached hydrogen (secondary N) is 2. The number of carbonyl (C=O) groups excluding carboxylic acids is 2. The maximum Gasteiger partial charge on any atom is 0.261 e. The lowest BCUT2D eigenvalue weighted by Crippen LogP contribution is -2.18. The Bertz CT molecular complexity index is 745. The lowest BCUT2D eigenvalue weighted by molar-refractivity contribution is -0.119. The lowest BCUT2D eigenvalue weighted by atomic mass is 10.0. The van der Waals surface area contributed by atoms with E-state index in [2.05, 4.69) is 15.6 Å². The second-order valence-electron chi connectivity index (χ2n) is 5.31. The largest absolute Gasteiger partial charge is 0.496 e. The summed E-state index contributed by atoms with van der Waals surface area (Å²) in [4.78, 5) is 27.7. The number of hydrogen-bond donors (Lipinski definition) is 2. The van der Waals surface area contributed by atoms with Crippen molar-refractivity contribution in [2.75, 3.05) is 12.4 Å². The average molecular weight is 311 g/mol. The van der Waals surface area contributed by atoms with Gasteiger partial charge >= 0.3 is 0 Å². The fourth-order valence-electron chi connectivity index (χ4n) is 2.63. The minimum Gasteiger partial charge on any atom is -0.496 e. The van der Waals surface area contributed by atoms with Crippen molar-refractivity contribution in [2.45, 2.75) is 18.9 Å². The van der Waals surface area contributed by atoms with Crippen molar-refractivity contribution in [3.8, 4) is 5.75 Å². The van der Waals surface area contributed by atoms with Crippen LogP contribution >= 0.6 is 0 Å². The fraction of sp³-hybridized carbons (Fsp3) is 0.235. The first-order valence-electron chi connectivity index (χ1n) is 7.36. The van der Waals surface area contributed by atoms with Crippen LogP contribution in [-0.4, -0.2) is 23.9 Å². The van der Waals surface area contributed by atoms with Gasteiger partial charge in [-0.1, -0.05) is 12.1 Å². The van der Waals surface area contributed by atoms with Crippen LogP contribution in [0.15, 0.2) is 42.7 Å². The third-order valence-corrected chi connectivity index (χ3v) is 3.79. The average Bonchev–Trinajstić information content (AvgIpc) is 3.01. The molecule has 0 spiro atoms. The zero-order valence-corrected chi connectivity index (χ0v) is 12.7. The van der Waals surface area contributed by atoms with E-state index in [0.29, 0.717) is 23.4 Å². The zero-order valence-electron chi connectivity index (χ0n) is 12.7. The number of hydrogen-bond acceptors (Lipinski definition) is 4. The zero-order chi connectivity index (χ0) is 16.2. The SMILES string of the molecule is COc1ccncc1C(=O)Nc1cccc(C2CCC(=O)N2)c1. The molecule has 2 heterocycles. The minimum atomic E-state index is -0.289. The summed E-state index contributed by atoms with van der Waals surface area (Å²) in [5.41, 5.74) is 2.01. The quantitative estimate of drug-likeness (QED) is 0.908. The van der Waals surface area contributed by atoms with Crippen LogP contribution in [0.25, 0.3) is 0 Å². The minimum absolute atomic E-state index is 0.00674. The maximum atomic E-state index is 12.4. The van der Waals surface area contributed by atoms with Crippen LogP contribution in [0, 0.1) is 0 Å². The Hall–Kier alpha value is -2.89. The number of anilines is 1. The number of ether oxygens (including phenoxy) is 1. The van der Waals surface area contributed by atoms with Gasteiger partial charge in [-0.2, -0.15) is 0 Å². The molecule has 0 radical (unpaired) electrons. The van der Waals surface area contributed by atoms with E-state index >= 15 is 0 Å². The third kappa shape index (κ3) is 3.31. The first-order valence-corrected chi connectivity index (χ1v) is 7.36. The van der Waals surface area contributed by atoms with Gasteiger partial charge in [-0.15, -0.1) is 0 Å². The third-order valence-electron chi connectivity index (χ3n) is 3.79. The van der Waals surface area contributed by atoms with E-state index in [1.54, 1.807) is 18.3 Å². The highest BCUT2D eigenvalue weighted by Gasteiger charge is 2.22. The number of pyridine rings is 1. The van der Waals surface area contributed by atoms with Crippen molar-refractivity contribution >= 4 is 17.5 Å². The normalized spacial score (nSPS) is 16.7. The summed E-state index contributed by atoms with van der Waals surface area (Å²) in [6.45, 7) is 0. The molecule has 0 saturated carbocycles. The summed E-state index contributed by atoms with van der Waals surface area (Å²) in [5, 5.41) is 5.76. The van der Waals surface area contributed by atoms with Gasteiger partial charge in [0.1, 0.15) is 5.75 Å². The van der Waals surface area contributed by atoms with E-state index in [4.69, 9.17) is 4.74 Å². The predicted octanol–water partition coefficient (Wildman–Crippen LogP) is 2.29. The lowest BCUT2D eigenvalue weighted by Gasteiger charge is -2.13. The summed E-state index contributed by atoms with van der Waals surface area (Å²) >= 11 is 0. The van der Waals surface area contributed by atoms with Gasteiger partial charge in [0.2, 0.25) is 5.91 Å². The van der Waals surface area contributed by atoms with E-state index < -0.39 is 0 Å². The second kappa shape index (κ2) is 6.48. The molecule has 3 rings (SSSR count). The Morgan fingerprint density at radius 3 is 3.00 bits per heavy atom. The van der Waals surface area contributed by atoms with Gasteiger partial charge in [-0.25, -0.2) is 0 Å². The molecule has 2 aromatic rings. The number of amides is 2. The van der Waals surface area contributed by atoms with Gasteiger partial charge in [-0.05, 0) is 30.2 Å². The van der Waals surface area contributed by atoms with E-state index in [-0.39, 0.29) is 17.9 Å². The van der Waals surface area contributed by atoms with Crippen LogP contribution < -0.4 is 15.4 Å². The Morgan fingerprint density at radius 2 is 2.26 bits per heavy atom. The number of aromatic nitrogens is 1. The summed E-state index contributed by atoms with van der Waals surface area (Å²) < 4.78 is 5.17. The molecular weight excluding hydrogens is 294 g/mol. The molecule has 1 aliphatic heterocycles. The molecule has 6 heteroatoms. The van der Waals surface area contributed by atoms with Gasteiger partial charge < -0.3 is 15.4 Å². The Labute approximate surface area is 133 Å². The fourth-order valence-corrected chi connectivity index (χ4v) is 2.63. The number of benzene rings is 1. The first kappa shape index (κ1) is 15.0. The van der Waals surface area contributed by atoms with Crippen LogP contribution in [0.2, 0.25) is 0 Å². The highest BCUT2D eigenvalue weighted by atomic mass is 16.5. The first-order chi connectivity index (χ1) is 11.2. The molecule has 1 fully saturated rings. The molecule has 6 nitrogen and oxygen atoms in total. The molecule has 2 amide bonds. The van der Waals surface area contributed by atoms with Crippen molar-refractivity contribution in [3.63, 3.8) is 0 Å². The molecule has 2 N–H and O–H groups in total. The van der Waals surface area contributed by atoms with Crippen LogP contribution in [0.4, 0.5) is 5.69 Å². The molecule has 1 aromatic heterocycles. The van der Waals surface area contributed by atoms with Gasteiger partial charge in [-0.3, -0.25) is 14.6 Å². The monoisotopic (exact) mass is 311 g/mol.